The molecule has 3 aromatic heterocycles. The topological polar surface area (TPSA) is 75.9 Å². The van der Waals surface area contributed by atoms with Crippen molar-refractivity contribution >= 4 is 33.8 Å². The number of morpholine rings is 1. The predicted molar refractivity (Wildman–Crippen MR) is 129 cm³/mol. The van der Waals surface area contributed by atoms with E-state index in [0.717, 1.165) is 21.7 Å². The fourth-order valence-electron chi connectivity index (χ4n) is 4.07. The lowest BCUT2D eigenvalue weighted by Crippen LogP contribution is -2.41. The molecule has 1 N–H and O–H groups in total. The average molecular weight is 461 g/mol. The molecule has 0 aliphatic carbocycles. The molecule has 1 aliphatic rings. The Kier molecular flexibility index (Phi) is 5.70. The van der Waals surface area contributed by atoms with Crippen LogP contribution in [0.2, 0.25) is 0 Å². The molecule has 4 aromatic rings. The zero-order valence-electron chi connectivity index (χ0n) is 18.5. The first kappa shape index (κ1) is 21.4. The molecule has 0 unspecified atom stereocenters. The number of imidazole rings is 1. The summed E-state index contributed by atoms with van der Waals surface area (Å²) in [4.78, 5) is 33.9. The van der Waals surface area contributed by atoms with Crippen molar-refractivity contribution in [2.75, 3.05) is 31.6 Å². The van der Waals surface area contributed by atoms with Crippen molar-refractivity contribution in [3.63, 3.8) is 0 Å². The molecule has 0 atom stereocenters. The third kappa shape index (κ3) is 4.03. The predicted octanol–water partition coefficient (Wildman–Crippen LogP) is 4.40. The fraction of sp³-hybridized carbons (Fsp3) is 0.240. The first-order valence-corrected chi connectivity index (χ1v) is 11.7. The van der Waals surface area contributed by atoms with E-state index in [2.05, 4.69) is 10.3 Å². The van der Waals surface area contributed by atoms with Crippen LogP contribution in [-0.4, -0.2) is 52.4 Å². The maximum absolute atomic E-state index is 13.5. The van der Waals surface area contributed by atoms with Gasteiger partial charge in [0.1, 0.15) is 16.3 Å². The van der Waals surface area contributed by atoms with E-state index in [9.17, 15) is 9.59 Å². The van der Waals surface area contributed by atoms with Crippen LogP contribution in [0.15, 0.2) is 54.7 Å². The van der Waals surface area contributed by atoms with E-state index in [-0.39, 0.29) is 11.8 Å². The highest BCUT2D eigenvalue weighted by molar-refractivity contribution is 7.20. The van der Waals surface area contributed by atoms with Crippen molar-refractivity contribution < 1.29 is 14.3 Å². The molecule has 1 saturated heterocycles. The second-order valence-corrected chi connectivity index (χ2v) is 9.03. The minimum atomic E-state index is -0.338. The van der Waals surface area contributed by atoms with E-state index < -0.39 is 0 Å². The second kappa shape index (κ2) is 8.80. The monoisotopic (exact) mass is 460 g/mol. The van der Waals surface area contributed by atoms with Crippen LogP contribution in [0.1, 0.15) is 32.1 Å². The number of ether oxygens (including phenoxy) is 1. The number of rotatable bonds is 4. The maximum atomic E-state index is 13.5. The minimum absolute atomic E-state index is 0.0876. The second-order valence-electron chi connectivity index (χ2n) is 8.01. The first-order valence-electron chi connectivity index (χ1n) is 10.8. The van der Waals surface area contributed by atoms with Gasteiger partial charge >= 0.3 is 0 Å². The first-order chi connectivity index (χ1) is 16.0. The standard InChI is InChI=1S/C25H24N4O3S/c1-16-7-6-10-20-26-19(15-29(16)20)23(30)27-24-21(25(31)28-11-13-32-14-12-28)17(2)22(33-24)18-8-4-3-5-9-18/h3-10,15H,11-14H2,1-2H3,(H,27,30). The van der Waals surface area contributed by atoms with Crippen LogP contribution in [0.3, 0.4) is 0 Å². The van der Waals surface area contributed by atoms with Crippen LogP contribution in [0.4, 0.5) is 5.00 Å². The van der Waals surface area contributed by atoms with Crippen molar-refractivity contribution in [1.29, 1.82) is 0 Å². The number of thiophene rings is 1. The SMILES string of the molecule is Cc1c(-c2ccccc2)sc(NC(=O)c2cn3c(C)cccc3n2)c1C(=O)N1CCOCC1. The van der Waals surface area contributed by atoms with Gasteiger partial charge in [-0.2, -0.15) is 0 Å². The van der Waals surface area contributed by atoms with E-state index in [1.807, 2.05) is 66.8 Å². The van der Waals surface area contributed by atoms with E-state index in [4.69, 9.17) is 4.74 Å². The van der Waals surface area contributed by atoms with Crippen molar-refractivity contribution in [1.82, 2.24) is 14.3 Å². The van der Waals surface area contributed by atoms with Crippen molar-refractivity contribution in [3.05, 3.63) is 77.2 Å². The molecule has 7 nitrogen and oxygen atoms in total. The molecular formula is C25H24N4O3S. The molecule has 1 aliphatic heterocycles. The number of aryl methyl sites for hydroxylation is 1. The molecule has 33 heavy (non-hydrogen) atoms. The van der Waals surface area contributed by atoms with Gasteiger partial charge in [0.15, 0.2) is 0 Å². The number of pyridine rings is 1. The lowest BCUT2D eigenvalue weighted by atomic mass is 10.1. The Morgan fingerprint density at radius 3 is 2.52 bits per heavy atom. The summed E-state index contributed by atoms with van der Waals surface area (Å²) in [6.07, 6.45) is 1.72. The highest BCUT2D eigenvalue weighted by Gasteiger charge is 2.28. The third-order valence-electron chi connectivity index (χ3n) is 5.85. The Labute approximate surface area is 195 Å². The van der Waals surface area contributed by atoms with Crippen LogP contribution in [0, 0.1) is 13.8 Å². The van der Waals surface area contributed by atoms with E-state index in [0.29, 0.717) is 48.2 Å². The van der Waals surface area contributed by atoms with Crippen LogP contribution in [0.5, 0.6) is 0 Å². The van der Waals surface area contributed by atoms with E-state index in [1.165, 1.54) is 11.3 Å². The number of aromatic nitrogens is 2. The lowest BCUT2D eigenvalue weighted by Gasteiger charge is -2.27. The zero-order chi connectivity index (χ0) is 22.9. The van der Waals surface area contributed by atoms with Gasteiger partial charge in [-0.1, -0.05) is 36.4 Å². The summed E-state index contributed by atoms with van der Waals surface area (Å²) in [5.41, 5.74) is 4.41. The Hall–Kier alpha value is -3.49. The molecule has 0 spiro atoms. The van der Waals surface area contributed by atoms with Gasteiger partial charge in [0.05, 0.1) is 18.8 Å². The van der Waals surface area contributed by atoms with Crippen LogP contribution in [-0.2, 0) is 4.74 Å². The molecule has 168 valence electrons. The number of hydrogen-bond donors (Lipinski definition) is 1. The van der Waals surface area contributed by atoms with Gasteiger partial charge in [-0.15, -0.1) is 11.3 Å². The Morgan fingerprint density at radius 2 is 1.79 bits per heavy atom. The van der Waals surface area contributed by atoms with Crippen molar-refractivity contribution in [3.8, 4) is 10.4 Å². The highest BCUT2D eigenvalue weighted by Crippen LogP contribution is 2.40. The summed E-state index contributed by atoms with van der Waals surface area (Å²) < 4.78 is 7.29. The largest absolute Gasteiger partial charge is 0.378 e. The fourth-order valence-corrected chi connectivity index (χ4v) is 5.27. The number of carbonyl (C=O) groups is 2. The number of amides is 2. The smallest absolute Gasteiger partial charge is 0.276 e. The van der Waals surface area contributed by atoms with E-state index in [1.54, 1.807) is 11.1 Å². The average Bonchev–Trinajstić information content (AvgIpc) is 3.42. The number of anilines is 1. The molecule has 0 radical (unpaired) electrons. The Balaban J connectivity index is 1.54. The summed E-state index contributed by atoms with van der Waals surface area (Å²) in [7, 11) is 0. The lowest BCUT2D eigenvalue weighted by molar-refractivity contribution is 0.0303. The molecule has 0 bridgehead atoms. The van der Waals surface area contributed by atoms with Gasteiger partial charge < -0.3 is 19.4 Å². The van der Waals surface area contributed by atoms with Gasteiger partial charge in [0, 0.05) is 29.9 Å². The maximum Gasteiger partial charge on any atom is 0.276 e. The van der Waals surface area contributed by atoms with Gasteiger partial charge in [-0.25, -0.2) is 4.98 Å². The number of nitrogens with zero attached hydrogens (tertiary/aromatic N) is 3. The summed E-state index contributed by atoms with van der Waals surface area (Å²) in [6.45, 7) is 6.01. The molecule has 2 amide bonds. The number of nitrogens with one attached hydrogen (secondary N) is 1. The molecule has 8 heteroatoms. The number of fused-ring (bicyclic) bond motifs is 1. The molecular weight excluding hydrogens is 436 g/mol. The number of hydrogen-bond acceptors (Lipinski definition) is 5. The zero-order valence-corrected chi connectivity index (χ0v) is 19.3. The summed E-state index contributed by atoms with van der Waals surface area (Å²) in [5.74, 6) is -0.426. The number of benzene rings is 1. The molecule has 1 aromatic carbocycles. The van der Waals surface area contributed by atoms with Crippen LogP contribution >= 0.6 is 11.3 Å². The van der Waals surface area contributed by atoms with Crippen LogP contribution in [0.25, 0.3) is 16.1 Å². The van der Waals surface area contributed by atoms with Crippen LogP contribution < -0.4 is 5.32 Å². The normalized spacial score (nSPS) is 13.9. The van der Waals surface area contributed by atoms with Gasteiger partial charge in [0.2, 0.25) is 0 Å². The summed E-state index contributed by atoms with van der Waals surface area (Å²) in [6, 6.07) is 15.7. The molecule has 1 fully saturated rings. The molecule has 0 saturated carbocycles. The Bertz CT molecular complexity index is 1340. The quantitative estimate of drug-likeness (QED) is 0.490. The minimum Gasteiger partial charge on any atom is -0.378 e. The molecule has 4 heterocycles. The van der Waals surface area contributed by atoms with Crippen molar-refractivity contribution in [2.45, 2.75) is 13.8 Å². The summed E-state index contributed by atoms with van der Waals surface area (Å²) >= 11 is 1.42. The highest BCUT2D eigenvalue weighted by atomic mass is 32.1. The molecule has 5 rings (SSSR count). The number of carbonyl (C=O) groups excluding carboxylic acids is 2. The van der Waals surface area contributed by atoms with E-state index >= 15 is 0 Å². The third-order valence-corrected chi connectivity index (χ3v) is 7.11. The Morgan fingerprint density at radius 1 is 1.03 bits per heavy atom. The summed E-state index contributed by atoms with van der Waals surface area (Å²) in [5, 5.41) is 3.53. The van der Waals surface area contributed by atoms with Gasteiger partial charge in [0.25, 0.3) is 11.8 Å². The van der Waals surface area contributed by atoms with Gasteiger partial charge in [-0.3, -0.25) is 9.59 Å². The van der Waals surface area contributed by atoms with Crippen molar-refractivity contribution in [2.24, 2.45) is 0 Å². The van der Waals surface area contributed by atoms with Gasteiger partial charge in [-0.05, 0) is 37.1 Å².